The Bertz CT molecular complexity index is 1270. The highest BCUT2D eigenvalue weighted by Crippen LogP contribution is 2.28. The fourth-order valence-corrected chi connectivity index (χ4v) is 3.35. The van der Waals surface area contributed by atoms with Gasteiger partial charge in [0, 0.05) is 11.1 Å². The zero-order valence-corrected chi connectivity index (χ0v) is 17.5. The zero-order chi connectivity index (χ0) is 21.8. The van der Waals surface area contributed by atoms with Crippen LogP contribution in [0.25, 0.3) is 22.0 Å². The van der Waals surface area contributed by atoms with E-state index >= 15 is 0 Å². The Kier molecular flexibility index (Phi) is 5.66. The first-order chi connectivity index (χ1) is 15.1. The van der Waals surface area contributed by atoms with Crippen LogP contribution in [0, 0.1) is 0 Å². The van der Waals surface area contributed by atoms with Gasteiger partial charge in [0.05, 0.1) is 25.6 Å². The number of hydrazone groups is 1. The van der Waals surface area contributed by atoms with Crippen molar-refractivity contribution < 1.29 is 14.3 Å². The van der Waals surface area contributed by atoms with E-state index < -0.39 is 0 Å². The zero-order valence-electron chi connectivity index (χ0n) is 17.5. The number of amides is 1. The number of methoxy groups -OCH3 is 2. The Labute approximate surface area is 179 Å². The molecule has 1 amide bonds. The lowest BCUT2D eigenvalue weighted by molar-refractivity contribution is 0.0950. The Morgan fingerprint density at radius 2 is 1.74 bits per heavy atom. The number of rotatable bonds is 6. The molecular weight excluding hydrogens is 392 g/mol. The van der Waals surface area contributed by atoms with Crippen LogP contribution in [0.3, 0.4) is 0 Å². The third kappa shape index (κ3) is 4.11. The second-order valence-electron chi connectivity index (χ2n) is 6.90. The van der Waals surface area contributed by atoms with E-state index in [0.29, 0.717) is 28.6 Å². The maximum atomic E-state index is 12.6. The van der Waals surface area contributed by atoms with Crippen molar-refractivity contribution in [1.29, 1.82) is 0 Å². The molecule has 0 saturated carbocycles. The van der Waals surface area contributed by atoms with Gasteiger partial charge in [-0.15, -0.1) is 0 Å². The van der Waals surface area contributed by atoms with E-state index in [1.807, 2.05) is 48.5 Å². The molecule has 4 aromatic rings. The maximum Gasteiger partial charge on any atom is 0.289 e. The van der Waals surface area contributed by atoms with Gasteiger partial charge in [0.1, 0.15) is 5.69 Å². The largest absolute Gasteiger partial charge is 0.493 e. The Hall–Kier alpha value is -4.13. The summed E-state index contributed by atoms with van der Waals surface area (Å²) in [5, 5.41) is 13.5. The number of carbonyl (C=O) groups is 1. The number of nitrogens with one attached hydrogen (secondary N) is 2. The number of benzene rings is 3. The van der Waals surface area contributed by atoms with Gasteiger partial charge in [-0.25, -0.2) is 5.43 Å². The molecule has 4 rings (SSSR count). The van der Waals surface area contributed by atoms with Crippen molar-refractivity contribution in [3.63, 3.8) is 0 Å². The smallest absolute Gasteiger partial charge is 0.289 e. The normalized spacial score (nSPS) is 11.4. The van der Waals surface area contributed by atoms with E-state index in [2.05, 4.69) is 20.7 Å². The summed E-state index contributed by atoms with van der Waals surface area (Å²) in [6.07, 6.45) is 0. The minimum Gasteiger partial charge on any atom is -0.493 e. The van der Waals surface area contributed by atoms with Crippen molar-refractivity contribution in [2.24, 2.45) is 5.10 Å². The summed E-state index contributed by atoms with van der Waals surface area (Å²) >= 11 is 0. The number of ether oxygens (including phenoxy) is 2. The highest BCUT2D eigenvalue weighted by atomic mass is 16.5. The van der Waals surface area contributed by atoms with E-state index in [0.717, 1.165) is 21.9 Å². The molecule has 0 fully saturated rings. The molecule has 0 radical (unpaired) electrons. The van der Waals surface area contributed by atoms with Gasteiger partial charge >= 0.3 is 0 Å². The SMILES string of the molecule is COc1ccc(C(C)=NNC(=O)c2cc(-c3cccc4ccccc34)n[nH]2)cc1OC. The van der Waals surface area contributed by atoms with Crippen LogP contribution in [0.15, 0.2) is 71.8 Å². The molecule has 7 heteroatoms. The van der Waals surface area contributed by atoms with E-state index in [4.69, 9.17) is 9.47 Å². The van der Waals surface area contributed by atoms with Crippen LogP contribution < -0.4 is 14.9 Å². The van der Waals surface area contributed by atoms with E-state index in [1.54, 1.807) is 39.3 Å². The second kappa shape index (κ2) is 8.71. The van der Waals surface area contributed by atoms with Crippen molar-refractivity contribution in [3.05, 3.63) is 78.0 Å². The molecule has 0 aliphatic carbocycles. The lowest BCUT2D eigenvalue weighted by Gasteiger charge is -2.09. The molecule has 3 aromatic carbocycles. The molecular formula is C24H22N4O3. The fraction of sp³-hybridized carbons (Fsp3) is 0.125. The highest BCUT2D eigenvalue weighted by Gasteiger charge is 2.13. The molecule has 0 atom stereocenters. The molecule has 7 nitrogen and oxygen atoms in total. The summed E-state index contributed by atoms with van der Waals surface area (Å²) in [7, 11) is 3.15. The lowest BCUT2D eigenvalue weighted by Crippen LogP contribution is -2.19. The summed E-state index contributed by atoms with van der Waals surface area (Å²) in [6.45, 7) is 1.80. The molecule has 2 N–H and O–H groups in total. The number of fused-ring (bicyclic) bond motifs is 1. The van der Waals surface area contributed by atoms with Crippen molar-refractivity contribution in [3.8, 4) is 22.8 Å². The van der Waals surface area contributed by atoms with Crippen molar-refractivity contribution in [2.75, 3.05) is 14.2 Å². The van der Waals surface area contributed by atoms with Gasteiger partial charge in [-0.05, 0) is 42.0 Å². The first kappa shape index (κ1) is 20.2. The summed E-state index contributed by atoms with van der Waals surface area (Å²) < 4.78 is 10.6. The summed E-state index contributed by atoms with van der Waals surface area (Å²) in [5.74, 6) is 0.842. The van der Waals surface area contributed by atoms with Crippen LogP contribution in [0.5, 0.6) is 11.5 Å². The summed E-state index contributed by atoms with van der Waals surface area (Å²) in [6, 6.07) is 21.2. The van der Waals surface area contributed by atoms with Crippen LogP contribution in [0.1, 0.15) is 23.0 Å². The van der Waals surface area contributed by atoms with Gasteiger partial charge in [-0.2, -0.15) is 10.2 Å². The number of aromatic amines is 1. The molecule has 1 heterocycles. The third-order valence-electron chi connectivity index (χ3n) is 5.01. The molecule has 156 valence electrons. The highest BCUT2D eigenvalue weighted by molar-refractivity contribution is 6.01. The van der Waals surface area contributed by atoms with Crippen molar-refractivity contribution >= 4 is 22.4 Å². The number of H-pyrrole nitrogens is 1. The Morgan fingerprint density at radius 1 is 0.968 bits per heavy atom. The van der Waals surface area contributed by atoms with Crippen LogP contribution in [-0.4, -0.2) is 36.0 Å². The molecule has 0 bridgehead atoms. The summed E-state index contributed by atoms with van der Waals surface area (Å²) in [5.41, 5.74) is 5.98. The maximum absolute atomic E-state index is 12.6. The number of hydrogen-bond donors (Lipinski definition) is 2. The van der Waals surface area contributed by atoms with Crippen molar-refractivity contribution in [1.82, 2.24) is 15.6 Å². The molecule has 0 unspecified atom stereocenters. The first-order valence-corrected chi connectivity index (χ1v) is 9.71. The van der Waals surface area contributed by atoms with Gasteiger partial charge in [0.2, 0.25) is 0 Å². The number of nitrogens with zero attached hydrogens (tertiary/aromatic N) is 2. The predicted octanol–water partition coefficient (Wildman–Crippen LogP) is 4.40. The minimum absolute atomic E-state index is 0.326. The molecule has 0 spiro atoms. The third-order valence-corrected chi connectivity index (χ3v) is 5.01. The lowest BCUT2D eigenvalue weighted by atomic mass is 10.0. The van der Waals surface area contributed by atoms with E-state index in [9.17, 15) is 4.79 Å². The van der Waals surface area contributed by atoms with Crippen LogP contribution in [0.2, 0.25) is 0 Å². The number of aromatic nitrogens is 2. The molecule has 1 aromatic heterocycles. The van der Waals surface area contributed by atoms with E-state index in [1.165, 1.54) is 0 Å². The number of hydrogen-bond acceptors (Lipinski definition) is 5. The fourth-order valence-electron chi connectivity index (χ4n) is 3.35. The van der Waals surface area contributed by atoms with Gasteiger partial charge in [0.15, 0.2) is 11.5 Å². The summed E-state index contributed by atoms with van der Waals surface area (Å²) in [4.78, 5) is 12.6. The predicted molar refractivity (Wildman–Crippen MR) is 121 cm³/mol. The Morgan fingerprint density at radius 3 is 2.55 bits per heavy atom. The molecule has 31 heavy (non-hydrogen) atoms. The Balaban J connectivity index is 1.53. The topological polar surface area (TPSA) is 88.6 Å². The quantitative estimate of drug-likeness (QED) is 0.362. The first-order valence-electron chi connectivity index (χ1n) is 9.71. The second-order valence-corrected chi connectivity index (χ2v) is 6.90. The van der Waals surface area contributed by atoms with Crippen LogP contribution >= 0.6 is 0 Å². The standard InChI is InChI=1S/C24H22N4O3/c1-15(17-11-12-22(30-2)23(13-17)31-3)25-28-24(29)21-14-20(26-27-21)19-10-6-8-16-7-4-5-9-18(16)19/h4-14H,1-3H3,(H,26,27)(H,28,29). The monoisotopic (exact) mass is 414 g/mol. The van der Waals surface area contributed by atoms with Gasteiger partial charge < -0.3 is 9.47 Å². The number of carbonyl (C=O) groups excluding carboxylic acids is 1. The van der Waals surface area contributed by atoms with Crippen LogP contribution in [0.4, 0.5) is 0 Å². The minimum atomic E-state index is -0.376. The molecule has 0 aliphatic rings. The van der Waals surface area contributed by atoms with Gasteiger partial charge in [-0.3, -0.25) is 9.89 Å². The van der Waals surface area contributed by atoms with Gasteiger partial charge in [0.25, 0.3) is 5.91 Å². The van der Waals surface area contributed by atoms with Crippen LogP contribution in [-0.2, 0) is 0 Å². The van der Waals surface area contributed by atoms with E-state index in [-0.39, 0.29) is 5.91 Å². The van der Waals surface area contributed by atoms with Gasteiger partial charge in [-0.1, -0.05) is 42.5 Å². The average Bonchev–Trinajstić information content (AvgIpc) is 3.31. The molecule has 0 aliphatic heterocycles. The van der Waals surface area contributed by atoms with Crippen molar-refractivity contribution in [2.45, 2.75) is 6.92 Å². The average molecular weight is 414 g/mol. The molecule has 0 saturated heterocycles.